The standard InChI is InChI=1S/C17H25N3O4S/c1-12(21)19-17(8-4-5-9-17)14-18-15(24-20-14)16(2,3)13-6-10-25(22,23)11-7-13/h6H,4-5,7-11H2,1-3H3,(H,19,21). The molecule has 1 saturated carbocycles. The third-order valence-corrected chi connectivity index (χ3v) is 6.83. The zero-order chi connectivity index (χ0) is 18.3. The van der Waals surface area contributed by atoms with E-state index in [-0.39, 0.29) is 17.4 Å². The maximum atomic E-state index is 11.6. The van der Waals surface area contributed by atoms with Gasteiger partial charge in [0.2, 0.25) is 11.8 Å². The highest BCUT2D eigenvalue weighted by Gasteiger charge is 2.43. The van der Waals surface area contributed by atoms with Gasteiger partial charge in [-0.1, -0.05) is 29.6 Å². The van der Waals surface area contributed by atoms with E-state index in [1.165, 1.54) is 6.92 Å². The second-order valence-electron chi connectivity index (χ2n) is 7.61. The molecule has 0 radical (unpaired) electrons. The van der Waals surface area contributed by atoms with Crippen molar-refractivity contribution in [3.63, 3.8) is 0 Å². The molecule has 0 saturated heterocycles. The van der Waals surface area contributed by atoms with Crippen LogP contribution in [-0.2, 0) is 25.6 Å². The molecule has 1 aliphatic heterocycles. The van der Waals surface area contributed by atoms with Crippen LogP contribution >= 0.6 is 0 Å². The van der Waals surface area contributed by atoms with Crippen LogP contribution in [0.3, 0.4) is 0 Å². The molecule has 1 fully saturated rings. The van der Waals surface area contributed by atoms with Crippen molar-refractivity contribution in [2.24, 2.45) is 0 Å². The molecule has 1 aromatic rings. The summed E-state index contributed by atoms with van der Waals surface area (Å²) in [5.74, 6) is 1.09. The van der Waals surface area contributed by atoms with Crippen molar-refractivity contribution in [2.45, 2.75) is 63.8 Å². The Morgan fingerprint density at radius 2 is 2.00 bits per heavy atom. The number of hydrogen-bond acceptors (Lipinski definition) is 6. The Hall–Kier alpha value is -1.70. The van der Waals surface area contributed by atoms with Gasteiger partial charge in [0.1, 0.15) is 5.54 Å². The number of nitrogens with zero attached hydrogens (tertiary/aromatic N) is 2. The Bertz CT molecular complexity index is 802. The van der Waals surface area contributed by atoms with Crippen LogP contribution in [0.4, 0.5) is 0 Å². The Morgan fingerprint density at radius 3 is 2.56 bits per heavy atom. The van der Waals surface area contributed by atoms with Gasteiger partial charge in [-0.25, -0.2) is 8.42 Å². The van der Waals surface area contributed by atoms with E-state index < -0.39 is 20.8 Å². The Balaban J connectivity index is 1.90. The normalized spacial score (nSPS) is 22.4. The molecule has 0 aromatic carbocycles. The van der Waals surface area contributed by atoms with Gasteiger partial charge >= 0.3 is 0 Å². The number of hydrogen-bond donors (Lipinski definition) is 1. The van der Waals surface area contributed by atoms with E-state index in [1.54, 1.807) is 6.08 Å². The summed E-state index contributed by atoms with van der Waals surface area (Å²) in [5.41, 5.74) is -0.0805. The number of nitrogens with one attached hydrogen (secondary N) is 1. The van der Waals surface area contributed by atoms with Crippen molar-refractivity contribution in [1.29, 1.82) is 0 Å². The van der Waals surface area contributed by atoms with E-state index in [0.29, 0.717) is 18.1 Å². The van der Waals surface area contributed by atoms with Crippen molar-refractivity contribution in [3.05, 3.63) is 23.4 Å². The summed E-state index contributed by atoms with van der Waals surface area (Å²) < 4.78 is 28.8. The number of sulfone groups is 1. The van der Waals surface area contributed by atoms with Crippen LogP contribution in [0, 0.1) is 0 Å². The van der Waals surface area contributed by atoms with Gasteiger partial charge in [0.05, 0.1) is 16.9 Å². The number of carbonyl (C=O) groups is 1. The lowest BCUT2D eigenvalue weighted by Crippen LogP contribution is -2.43. The van der Waals surface area contributed by atoms with Crippen LogP contribution in [0.15, 0.2) is 16.2 Å². The topological polar surface area (TPSA) is 102 Å². The largest absolute Gasteiger partial charge is 0.343 e. The summed E-state index contributed by atoms with van der Waals surface area (Å²) in [7, 11) is -2.98. The van der Waals surface area contributed by atoms with Crippen LogP contribution in [0.2, 0.25) is 0 Å². The van der Waals surface area contributed by atoms with Gasteiger partial charge in [0.25, 0.3) is 0 Å². The Morgan fingerprint density at radius 1 is 1.32 bits per heavy atom. The first kappa shape index (κ1) is 18.1. The van der Waals surface area contributed by atoms with Crippen LogP contribution < -0.4 is 5.32 Å². The molecule has 0 bridgehead atoms. The van der Waals surface area contributed by atoms with E-state index in [9.17, 15) is 13.2 Å². The molecule has 3 rings (SSSR count). The zero-order valence-electron chi connectivity index (χ0n) is 15.0. The monoisotopic (exact) mass is 367 g/mol. The quantitative estimate of drug-likeness (QED) is 0.817. The van der Waals surface area contributed by atoms with Crippen molar-refractivity contribution in [1.82, 2.24) is 15.5 Å². The lowest BCUT2D eigenvalue weighted by molar-refractivity contribution is -0.121. The number of aromatic nitrogens is 2. The van der Waals surface area contributed by atoms with E-state index in [4.69, 9.17) is 4.52 Å². The Kier molecular flexibility index (Phi) is 4.51. The van der Waals surface area contributed by atoms with Gasteiger partial charge < -0.3 is 9.84 Å². The molecule has 1 N–H and O–H groups in total. The smallest absolute Gasteiger partial charge is 0.236 e. The molecule has 8 heteroatoms. The fourth-order valence-electron chi connectivity index (χ4n) is 3.78. The molecule has 2 aliphatic rings. The average Bonchev–Trinajstić information content (AvgIpc) is 3.16. The maximum Gasteiger partial charge on any atom is 0.236 e. The molecule has 7 nitrogen and oxygen atoms in total. The summed E-state index contributed by atoms with van der Waals surface area (Å²) >= 11 is 0. The van der Waals surface area contributed by atoms with Crippen molar-refractivity contribution >= 4 is 15.7 Å². The van der Waals surface area contributed by atoms with Crippen molar-refractivity contribution in [3.8, 4) is 0 Å². The lowest BCUT2D eigenvalue weighted by Gasteiger charge is -2.27. The van der Waals surface area contributed by atoms with Gasteiger partial charge in [-0.15, -0.1) is 0 Å². The lowest BCUT2D eigenvalue weighted by atomic mass is 9.82. The first-order chi connectivity index (χ1) is 11.6. The molecule has 0 spiro atoms. The van der Waals surface area contributed by atoms with Gasteiger partial charge in [-0.3, -0.25) is 4.79 Å². The predicted octanol–water partition coefficient (Wildman–Crippen LogP) is 2.00. The van der Waals surface area contributed by atoms with Crippen molar-refractivity contribution < 1.29 is 17.7 Å². The maximum absolute atomic E-state index is 11.6. The fraction of sp³-hybridized carbons (Fsp3) is 0.706. The molecule has 0 atom stereocenters. The van der Waals surface area contributed by atoms with E-state index >= 15 is 0 Å². The predicted molar refractivity (Wildman–Crippen MR) is 92.6 cm³/mol. The van der Waals surface area contributed by atoms with Crippen molar-refractivity contribution in [2.75, 3.05) is 11.5 Å². The van der Waals surface area contributed by atoms with E-state index in [2.05, 4.69) is 15.5 Å². The number of carbonyl (C=O) groups excluding carboxylic acids is 1. The summed E-state index contributed by atoms with van der Waals surface area (Å²) in [6, 6.07) is 0. The second-order valence-corrected chi connectivity index (χ2v) is 9.84. The number of rotatable bonds is 4. The molecule has 25 heavy (non-hydrogen) atoms. The summed E-state index contributed by atoms with van der Waals surface area (Å²) in [6.45, 7) is 5.43. The summed E-state index contributed by atoms with van der Waals surface area (Å²) in [4.78, 5) is 16.2. The molecule has 2 heterocycles. The minimum Gasteiger partial charge on any atom is -0.343 e. The van der Waals surface area contributed by atoms with Crippen LogP contribution in [-0.4, -0.2) is 36.0 Å². The first-order valence-electron chi connectivity index (χ1n) is 8.68. The number of allylic oxidation sites excluding steroid dienone is 1. The molecular weight excluding hydrogens is 342 g/mol. The second kappa shape index (κ2) is 6.23. The van der Waals surface area contributed by atoms with Gasteiger partial charge in [0, 0.05) is 6.92 Å². The molecular formula is C17H25N3O4S. The van der Waals surface area contributed by atoms with Gasteiger partial charge in [0.15, 0.2) is 15.7 Å². The highest BCUT2D eigenvalue weighted by molar-refractivity contribution is 7.91. The minimum absolute atomic E-state index is 0.0581. The SMILES string of the molecule is CC(=O)NC1(c2noc(C(C)(C)C3=CCS(=O)(=O)CC3)n2)CCCC1. The molecule has 0 unspecified atom stereocenters. The molecule has 1 aromatic heterocycles. The fourth-order valence-corrected chi connectivity index (χ4v) is 4.93. The average molecular weight is 367 g/mol. The molecule has 138 valence electrons. The van der Waals surface area contributed by atoms with Crippen LogP contribution in [0.5, 0.6) is 0 Å². The van der Waals surface area contributed by atoms with Gasteiger partial charge in [-0.05, 0) is 33.1 Å². The van der Waals surface area contributed by atoms with Crippen LogP contribution in [0.1, 0.15) is 64.6 Å². The third kappa shape index (κ3) is 3.49. The van der Waals surface area contributed by atoms with E-state index in [0.717, 1.165) is 31.3 Å². The Labute approximate surface area is 148 Å². The first-order valence-corrected chi connectivity index (χ1v) is 10.5. The summed E-state index contributed by atoms with van der Waals surface area (Å²) in [6.07, 6.45) is 5.86. The molecule has 1 aliphatic carbocycles. The number of amides is 1. The third-order valence-electron chi connectivity index (χ3n) is 5.33. The molecule has 1 amide bonds. The van der Waals surface area contributed by atoms with Crippen LogP contribution in [0.25, 0.3) is 0 Å². The highest BCUT2D eigenvalue weighted by atomic mass is 32.2. The highest BCUT2D eigenvalue weighted by Crippen LogP contribution is 2.40. The summed E-state index contributed by atoms with van der Waals surface area (Å²) in [5, 5.41) is 7.18. The van der Waals surface area contributed by atoms with Gasteiger partial charge in [-0.2, -0.15) is 4.98 Å². The minimum atomic E-state index is -2.98. The zero-order valence-corrected chi connectivity index (χ0v) is 15.8. The van der Waals surface area contributed by atoms with E-state index in [1.807, 2.05) is 13.8 Å².